The van der Waals surface area contributed by atoms with Crippen LogP contribution in [0.2, 0.25) is 0 Å². The summed E-state index contributed by atoms with van der Waals surface area (Å²) >= 11 is 0. The lowest BCUT2D eigenvalue weighted by atomic mass is 10.1. The van der Waals surface area contributed by atoms with Crippen LogP contribution in [0.1, 0.15) is 16.7 Å². The zero-order chi connectivity index (χ0) is 20.7. The summed E-state index contributed by atoms with van der Waals surface area (Å²) in [6.07, 6.45) is 0.991. The van der Waals surface area contributed by atoms with E-state index in [1.165, 1.54) is 0 Å². The highest BCUT2D eigenvalue weighted by Gasteiger charge is 2.16. The number of nitrogens with one attached hydrogen (secondary N) is 1. The van der Waals surface area contributed by atoms with E-state index in [1.807, 2.05) is 32.0 Å². The molecule has 2 aromatic rings. The number of amides is 2. The van der Waals surface area contributed by atoms with E-state index in [-0.39, 0.29) is 11.8 Å². The molecule has 152 valence electrons. The van der Waals surface area contributed by atoms with Crippen molar-refractivity contribution in [2.24, 2.45) is 0 Å². The second-order valence-corrected chi connectivity index (χ2v) is 8.10. The van der Waals surface area contributed by atoms with Crippen LogP contribution >= 0.6 is 0 Å². The maximum Gasteiger partial charge on any atom is 0.322 e. The third-order valence-electron chi connectivity index (χ3n) is 4.24. The Morgan fingerprint density at radius 3 is 2.39 bits per heavy atom. The van der Waals surface area contributed by atoms with Crippen molar-refractivity contribution in [3.63, 3.8) is 0 Å². The second kappa shape index (κ2) is 9.57. The molecule has 2 amide bonds. The predicted octanol–water partition coefficient (Wildman–Crippen LogP) is 3.32. The summed E-state index contributed by atoms with van der Waals surface area (Å²) in [5.41, 5.74) is 3.73. The van der Waals surface area contributed by atoms with Crippen molar-refractivity contribution in [1.29, 1.82) is 0 Å². The lowest BCUT2D eigenvalue weighted by Crippen LogP contribution is -2.37. The Labute approximate surface area is 166 Å². The zero-order valence-corrected chi connectivity index (χ0v) is 17.4. The van der Waals surface area contributed by atoms with E-state index in [1.54, 1.807) is 36.3 Å². The maximum absolute atomic E-state index is 12.8. The molecule has 0 saturated heterocycles. The molecule has 7 nitrogen and oxygen atoms in total. The van der Waals surface area contributed by atoms with Gasteiger partial charge in [-0.05, 0) is 48.7 Å². The Kier molecular flexibility index (Phi) is 7.42. The topological polar surface area (TPSA) is 84.9 Å². The summed E-state index contributed by atoms with van der Waals surface area (Å²) in [7, 11) is -1.99. The summed E-state index contributed by atoms with van der Waals surface area (Å²) in [6, 6.07) is 12.1. The largest absolute Gasteiger partial charge is 0.383 e. The van der Waals surface area contributed by atoms with Crippen molar-refractivity contribution in [2.45, 2.75) is 20.4 Å². The van der Waals surface area contributed by atoms with Gasteiger partial charge in [-0.25, -0.2) is 4.79 Å². The maximum atomic E-state index is 12.8. The molecular formula is C20H26N2O5S. The molecule has 0 unspecified atom stereocenters. The van der Waals surface area contributed by atoms with Gasteiger partial charge >= 0.3 is 16.1 Å². The van der Waals surface area contributed by atoms with Crippen LogP contribution in [0.4, 0.5) is 10.5 Å². The van der Waals surface area contributed by atoms with Crippen LogP contribution in [-0.2, 0) is 21.4 Å². The number of nitrogens with zero attached hydrogens (tertiary/aromatic N) is 1. The van der Waals surface area contributed by atoms with Gasteiger partial charge in [0.1, 0.15) is 5.75 Å². The van der Waals surface area contributed by atoms with Crippen LogP contribution in [0, 0.1) is 13.8 Å². The van der Waals surface area contributed by atoms with Gasteiger partial charge < -0.3 is 19.1 Å². The average molecular weight is 407 g/mol. The van der Waals surface area contributed by atoms with E-state index in [0.29, 0.717) is 19.7 Å². The van der Waals surface area contributed by atoms with Crippen LogP contribution in [0.3, 0.4) is 0 Å². The van der Waals surface area contributed by atoms with Crippen LogP contribution in [0.25, 0.3) is 0 Å². The molecule has 0 saturated carbocycles. The Hall–Kier alpha value is -2.58. The first-order chi connectivity index (χ1) is 13.2. The van der Waals surface area contributed by atoms with Crippen LogP contribution in [-0.4, -0.2) is 45.9 Å². The van der Waals surface area contributed by atoms with Gasteiger partial charge in [-0.3, -0.25) is 0 Å². The van der Waals surface area contributed by atoms with Crippen molar-refractivity contribution in [3.05, 3.63) is 59.2 Å². The standard InChI is InChI=1S/C20H26N2O5S/c1-15-6-5-7-19(16(15)2)21-20(23)22(12-13-26-3)14-17-8-10-18(11-9-17)27-28(4,24)25/h5-11H,12-14H2,1-4H3,(H,21,23). The van der Waals surface area contributed by atoms with Crippen molar-refractivity contribution in [2.75, 3.05) is 31.8 Å². The summed E-state index contributed by atoms with van der Waals surface area (Å²) in [5.74, 6) is 0.231. The highest BCUT2D eigenvalue weighted by molar-refractivity contribution is 7.86. The van der Waals surface area contributed by atoms with E-state index in [4.69, 9.17) is 8.92 Å². The molecule has 0 bridgehead atoms. The molecule has 2 aromatic carbocycles. The third-order valence-corrected chi connectivity index (χ3v) is 4.74. The number of carbonyl (C=O) groups is 1. The number of benzene rings is 2. The van der Waals surface area contributed by atoms with Crippen LogP contribution in [0.5, 0.6) is 5.75 Å². The van der Waals surface area contributed by atoms with Gasteiger partial charge in [-0.1, -0.05) is 24.3 Å². The minimum Gasteiger partial charge on any atom is -0.383 e. The van der Waals surface area contributed by atoms with Crippen molar-refractivity contribution >= 4 is 21.8 Å². The lowest BCUT2D eigenvalue weighted by molar-refractivity contribution is 0.153. The molecule has 1 N–H and O–H groups in total. The number of urea groups is 1. The SMILES string of the molecule is COCCN(Cc1ccc(OS(C)(=O)=O)cc1)C(=O)Nc1cccc(C)c1C. The molecular weight excluding hydrogens is 380 g/mol. The lowest BCUT2D eigenvalue weighted by Gasteiger charge is -2.24. The van der Waals surface area contributed by atoms with Gasteiger partial charge in [-0.15, -0.1) is 0 Å². The summed E-state index contributed by atoms with van der Waals surface area (Å²) in [5, 5.41) is 2.95. The minimum absolute atomic E-state index is 0.231. The van der Waals surface area contributed by atoms with Gasteiger partial charge in [0.15, 0.2) is 0 Å². The average Bonchev–Trinajstić information content (AvgIpc) is 2.62. The molecule has 0 aliphatic heterocycles. The second-order valence-electron chi connectivity index (χ2n) is 6.52. The molecule has 0 aromatic heterocycles. The molecule has 0 radical (unpaired) electrons. The third kappa shape index (κ3) is 6.54. The summed E-state index contributed by atoms with van der Waals surface area (Å²) < 4.78 is 32.4. The zero-order valence-electron chi connectivity index (χ0n) is 16.6. The first-order valence-electron chi connectivity index (χ1n) is 8.79. The number of methoxy groups -OCH3 is 1. The van der Waals surface area contributed by atoms with Gasteiger partial charge in [0.05, 0.1) is 12.9 Å². The van der Waals surface area contributed by atoms with Crippen molar-refractivity contribution in [3.8, 4) is 5.75 Å². The monoisotopic (exact) mass is 406 g/mol. The predicted molar refractivity (Wildman–Crippen MR) is 109 cm³/mol. The Bertz CT molecular complexity index is 911. The number of carbonyl (C=O) groups excluding carboxylic acids is 1. The number of ether oxygens (including phenoxy) is 1. The highest BCUT2D eigenvalue weighted by Crippen LogP contribution is 2.19. The molecule has 0 aliphatic rings. The molecule has 8 heteroatoms. The van der Waals surface area contributed by atoms with E-state index >= 15 is 0 Å². The Morgan fingerprint density at radius 1 is 1.11 bits per heavy atom. The molecule has 0 fully saturated rings. The molecule has 28 heavy (non-hydrogen) atoms. The number of aryl methyl sites for hydroxylation is 1. The fourth-order valence-corrected chi connectivity index (χ4v) is 3.04. The van der Waals surface area contributed by atoms with Crippen molar-refractivity contribution in [1.82, 2.24) is 4.90 Å². The van der Waals surface area contributed by atoms with E-state index in [2.05, 4.69) is 5.32 Å². The summed E-state index contributed by atoms with van der Waals surface area (Å²) in [4.78, 5) is 14.4. The van der Waals surface area contributed by atoms with Gasteiger partial charge in [0.2, 0.25) is 0 Å². The Balaban J connectivity index is 2.12. The first-order valence-corrected chi connectivity index (χ1v) is 10.6. The quantitative estimate of drug-likeness (QED) is 0.680. The normalized spacial score (nSPS) is 11.1. The van der Waals surface area contributed by atoms with Crippen LogP contribution < -0.4 is 9.50 Å². The number of hydrogen-bond donors (Lipinski definition) is 1. The van der Waals surface area contributed by atoms with Gasteiger partial charge in [0.25, 0.3) is 0 Å². The first kappa shape index (κ1) is 21.7. The van der Waals surface area contributed by atoms with E-state index in [0.717, 1.165) is 28.6 Å². The molecule has 0 aliphatic carbocycles. The van der Waals surface area contributed by atoms with Crippen LogP contribution in [0.15, 0.2) is 42.5 Å². The Morgan fingerprint density at radius 2 is 1.79 bits per heavy atom. The van der Waals surface area contributed by atoms with Gasteiger partial charge in [-0.2, -0.15) is 8.42 Å². The smallest absolute Gasteiger partial charge is 0.322 e. The van der Waals surface area contributed by atoms with E-state index < -0.39 is 10.1 Å². The molecule has 0 heterocycles. The number of rotatable bonds is 8. The van der Waals surface area contributed by atoms with Crippen molar-refractivity contribution < 1.29 is 22.1 Å². The minimum atomic E-state index is -3.57. The van der Waals surface area contributed by atoms with Gasteiger partial charge in [0, 0.05) is 25.9 Å². The molecule has 0 spiro atoms. The van der Waals surface area contributed by atoms with E-state index in [9.17, 15) is 13.2 Å². The molecule has 2 rings (SSSR count). The number of hydrogen-bond acceptors (Lipinski definition) is 5. The molecule has 0 atom stereocenters. The highest BCUT2D eigenvalue weighted by atomic mass is 32.2. The number of anilines is 1. The fraction of sp³-hybridized carbons (Fsp3) is 0.350. The fourth-order valence-electron chi connectivity index (χ4n) is 2.58. The summed E-state index contributed by atoms with van der Waals surface area (Å²) in [6.45, 7) is 5.11.